The number of hydrogen-bond donors (Lipinski definition) is 1. The van der Waals surface area contributed by atoms with Gasteiger partial charge in [-0.05, 0) is 26.0 Å². The molecule has 0 amide bonds. The molecule has 0 aliphatic carbocycles. The molecule has 2 heterocycles. The molecule has 0 bridgehead atoms. The molecular weight excluding hydrogens is 271 g/mol. The monoisotopic (exact) mass is 285 g/mol. The zero-order chi connectivity index (χ0) is 14.9. The summed E-state index contributed by atoms with van der Waals surface area (Å²) in [5, 5.41) is 13.8. The highest BCUT2D eigenvalue weighted by Crippen LogP contribution is 2.27. The van der Waals surface area contributed by atoms with Gasteiger partial charge in [0.15, 0.2) is 5.69 Å². The van der Waals surface area contributed by atoms with E-state index in [1.54, 1.807) is 10.9 Å². The van der Waals surface area contributed by atoms with Crippen molar-refractivity contribution in [3.05, 3.63) is 35.3 Å². The van der Waals surface area contributed by atoms with E-state index in [1.807, 2.05) is 20.9 Å². The van der Waals surface area contributed by atoms with Crippen LogP contribution in [0.2, 0.25) is 0 Å². The first-order valence-electron chi connectivity index (χ1n) is 5.95. The zero-order valence-corrected chi connectivity index (χ0v) is 11.2. The summed E-state index contributed by atoms with van der Waals surface area (Å²) < 4.78 is 38.8. The van der Waals surface area contributed by atoms with Gasteiger partial charge >= 0.3 is 6.18 Å². The number of nitrogens with zero attached hydrogens (tertiary/aromatic N) is 4. The molecule has 1 atom stereocenters. The average Bonchev–Trinajstić information content (AvgIpc) is 2.69. The molecule has 0 radical (unpaired) electrons. The van der Waals surface area contributed by atoms with Crippen molar-refractivity contribution in [2.75, 3.05) is 5.32 Å². The molecule has 0 saturated heterocycles. The number of anilines is 1. The van der Waals surface area contributed by atoms with Gasteiger partial charge in [-0.1, -0.05) is 0 Å². The molecule has 1 unspecified atom stereocenters. The summed E-state index contributed by atoms with van der Waals surface area (Å²) in [5.74, 6) is 0.286. The van der Waals surface area contributed by atoms with Gasteiger partial charge in [0, 0.05) is 18.3 Å². The standard InChI is InChI=1S/C12H14F3N5/c1-7(9-6-16-20(3)8(9)2)17-11-5-4-10(18-19-11)12(13,14)15/h4-7H,1-3H3,(H,17,19). The number of aromatic nitrogens is 4. The van der Waals surface area contributed by atoms with Crippen LogP contribution in [0.3, 0.4) is 0 Å². The Morgan fingerprint density at radius 3 is 2.40 bits per heavy atom. The van der Waals surface area contributed by atoms with E-state index in [0.29, 0.717) is 0 Å². The lowest BCUT2D eigenvalue weighted by atomic mass is 10.1. The van der Waals surface area contributed by atoms with Crippen LogP contribution in [0.5, 0.6) is 0 Å². The Labute approximate surface area is 113 Å². The lowest BCUT2D eigenvalue weighted by Gasteiger charge is -2.14. The van der Waals surface area contributed by atoms with Crippen molar-refractivity contribution >= 4 is 5.82 Å². The Morgan fingerprint density at radius 1 is 1.25 bits per heavy atom. The maximum Gasteiger partial charge on any atom is 0.435 e. The summed E-state index contributed by atoms with van der Waals surface area (Å²) in [6.07, 6.45) is -2.76. The molecular formula is C12H14F3N5. The van der Waals surface area contributed by atoms with E-state index < -0.39 is 11.9 Å². The Balaban J connectivity index is 2.12. The fourth-order valence-electron chi connectivity index (χ4n) is 1.80. The van der Waals surface area contributed by atoms with Gasteiger partial charge in [0.2, 0.25) is 0 Å². The minimum absolute atomic E-state index is 0.130. The molecule has 1 N–H and O–H groups in total. The number of halogens is 3. The Hall–Kier alpha value is -2.12. The summed E-state index contributed by atoms with van der Waals surface area (Å²) in [4.78, 5) is 0. The van der Waals surface area contributed by atoms with Crippen LogP contribution in [0.25, 0.3) is 0 Å². The molecule has 5 nitrogen and oxygen atoms in total. The van der Waals surface area contributed by atoms with Crippen LogP contribution in [-0.2, 0) is 13.2 Å². The fourth-order valence-corrected chi connectivity index (χ4v) is 1.80. The summed E-state index contributed by atoms with van der Waals surface area (Å²) in [5.41, 5.74) is 0.923. The third kappa shape index (κ3) is 2.89. The maximum absolute atomic E-state index is 12.4. The van der Waals surface area contributed by atoms with E-state index >= 15 is 0 Å². The fraction of sp³-hybridized carbons (Fsp3) is 0.417. The largest absolute Gasteiger partial charge is 0.435 e. The molecule has 2 aromatic heterocycles. The number of alkyl halides is 3. The van der Waals surface area contributed by atoms with Gasteiger partial charge in [-0.25, -0.2) is 0 Å². The highest BCUT2D eigenvalue weighted by molar-refractivity contribution is 5.38. The quantitative estimate of drug-likeness (QED) is 0.942. The Bertz CT molecular complexity index is 588. The van der Waals surface area contributed by atoms with Crippen LogP contribution < -0.4 is 5.32 Å². The number of aryl methyl sites for hydroxylation is 1. The van der Waals surface area contributed by atoms with Crippen LogP contribution in [0.1, 0.15) is 29.9 Å². The van der Waals surface area contributed by atoms with Gasteiger partial charge < -0.3 is 5.32 Å². The Kier molecular flexibility index (Phi) is 3.65. The van der Waals surface area contributed by atoms with E-state index in [9.17, 15) is 13.2 Å². The second-order valence-corrected chi connectivity index (χ2v) is 4.48. The first kappa shape index (κ1) is 14.3. The van der Waals surface area contributed by atoms with E-state index in [1.165, 1.54) is 6.07 Å². The maximum atomic E-state index is 12.4. The van der Waals surface area contributed by atoms with Gasteiger partial charge in [-0.15, -0.1) is 10.2 Å². The predicted molar refractivity (Wildman–Crippen MR) is 67.0 cm³/mol. The second kappa shape index (κ2) is 5.10. The molecule has 0 fully saturated rings. The smallest absolute Gasteiger partial charge is 0.362 e. The molecule has 0 aliphatic rings. The SMILES string of the molecule is Cc1c(C(C)Nc2ccc(C(F)(F)F)nn2)cnn1C. The second-order valence-electron chi connectivity index (χ2n) is 4.48. The normalized spacial score (nSPS) is 13.3. The first-order chi connectivity index (χ1) is 9.29. The first-order valence-corrected chi connectivity index (χ1v) is 5.95. The van der Waals surface area contributed by atoms with Crippen molar-refractivity contribution in [1.82, 2.24) is 20.0 Å². The molecule has 0 spiro atoms. The minimum atomic E-state index is -4.48. The summed E-state index contributed by atoms with van der Waals surface area (Å²) >= 11 is 0. The van der Waals surface area contributed by atoms with Gasteiger partial charge in [0.05, 0.1) is 12.2 Å². The van der Waals surface area contributed by atoms with E-state index in [4.69, 9.17) is 0 Å². The third-order valence-corrected chi connectivity index (χ3v) is 3.06. The molecule has 0 aromatic carbocycles. The molecule has 2 aromatic rings. The van der Waals surface area contributed by atoms with Gasteiger partial charge in [0.1, 0.15) is 5.82 Å². The molecule has 108 valence electrons. The van der Waals surface area contributed by atoms with Crippen molar-refractivity contribution in [2.24, 2.45) is 7.05 Å². The zero-order valence-electron chi connectivity index (χ0n) is 11.2. The minimum Gasteiger partial charge on any atom is -0.362 e. The summed E-state index contributed by atoms with van der Waals surface area (Å²) in [6, 6.07) is 2.03. The lowest BCUT2D eigenvalue weighted by Crippen LogP contribution is -2.12. The highest BCUT2D eigenvalue weighted by atomic mass is 19.4. The van der Waals surface area contributed by atoms with Crippen molar-refractivity contribution in [2.45, 2.75) is 26.1 Å². The van der Waals surface area contributed by atoms with Crippen molar-refractivity contribution in [3.8, 4) is 0 Å². The van der Waals surface area contributed by atoms with E-state index in [0.717, 1.165) is 17.3 Å². The number of hydrogen-bond acceptors (Lipinski definition) is 4. The van der Waals surface area contributed by atoms with Crippen LogP contribution in [0.15, 0.2) is 18.3 Å². The van der Waals surface area contributed by atoms with Crippen molar-refractivity contribution < 1.29 is 13.2 Å². The van der Waals surface area contributed by atoms with Crippen LogP contribution in [0.4, 0.5) is 19.0 Å². The average molecular weight is 285 g/mol. The van der Waals surface area contributed by atoms with Crippen molar-refractivity contribution in [3.63, 3.8) is 0 Å². The van der Waals surface area contributed by atoms with Gasteiger partial charge in [-0.3, -0.25) is 4.68 Å². The molecule has 0 saturated carbocycles. The van der Waals surface area contributed by atoms with Gasteiger partial charge in [-0.2, -0.15) is 18.3 Å². The molecule has 0 aliphatic heterocycles. The van der Waals surface area contributed by atoms with Crippen LogP contribution >= 0.6 is 0 Å². The number of nitrogens with one attached hydrogen (secondary N) is 1. The van der Waals surface area contributed by atoms with Crippen LogP contribution in [-0.4, -0.2) is 20.0 Å². The van der Waals surface area contributed by atoms with Crippen LogP contribution in [0, 0.1) is 6.92 Å². The van der Waals surface area contributed by atoms with Gasteiger partial charge in [0.25, 0.3) is 0 Å². The topological polar surface area (TPSA) is 55.6 Å². The van der Waals surface area contributed by atoms with E-state index in [-0.39, 0.29) is 11.9 Å². The Morgan fingerprint density at radius 2 is 1.95 bits per heavy atom. The number of rotatable bonds is 3. The molecule has 2 rings (SSSR count). The predicted octanol–water partition coefficient (Wildman–Crippen LogP) is 2.71. The summed E-state index contributed by atoms with van der Waals surface area (Å²) in [6.45, 7) is 3.79. The van der Waals surface area contributed by atoms with E-state index in [2.05, 4.69) is 20.6 Å². The summed E-state index contributed by atoms with van der Waals surface area (Å²) in [7, 11) is 1.82. The molecule has 20 heavy (non-hydrogen) atoms. The lowest BCUT2D eigenvalue weighted by molar-refractivity contribution is -0.141. The highest BCUT2D eigenvalue weighted by Gasteiger charge is 2.32. The van der Waals surface area contributed by atoms with Crippen molar-refractivity contribution in [1.29, 1.82) is 0 Å². The molecule has 8 heteroatoms. The third-order valence-electron chi connectivity index (χ3n) is 3.06.